The number of nitrogens with zero attached hydrogens (tertiary/aromatic N) is 9. The first-order valence-electron chi connectivity index (χ1n) is 17.4. The van der Waals surface area contributed by atoms with E-state index in [2.05, 4.69) is 73.8 Å². The molecule has 2 aliphatic heterocycles. The van der Waals surface area contributed by atoms with Crippen LogP contribution in [0.25, 0.3) is 11.2 Å². The zero-order valence-electron chi connectivity index (χ0n) is 27.4. The van der Waals surface area contributed by atoms with E-state index in [9.17, 15) is 10.2 Å². The Bertz CT molecular complexity index is 1780. The molecule has 0 radical (unpaired) electrons. The number of benzene rings is 2. The molecule has 5 atom stereocenters. The predicted molar refractivity (Wildman–Crippen MR) is 184 cm³/mol. The summed E-state index contributed by atoms with van der Waals surface area (Å²) in [6.07, 6.45) is 6.19. The average Bonchev–Trinajstić information content (AvgIpc) is 3.97. The molecule has 2 saturated heterocycles. The highest BCUT2D eigenvalue weighted by molar-refractivity contribution is 5.84. The second-order valence-corrected chi connectivity index (χ2v) is 13.4. The lowest BCUT2D eigenvalue weighted by Crippen LogP contribution is -2.35. The standard InChI is InChI=1S/C36H44N10O2/c1-2-26-20-39-46(42-26)30-19-29(32(47)33(30)48)45-23-38-31-34(37-21-28(24-11-5-3-6-12-24)25-13-7-4-8-14-25)40-36(41-35(31)45)44-18-15-27(22-44)43-16-9-10-17-43/h3-8,11-14,20,23,27-30,32-33,47-48H,2,9-10,15-19,21-22H2,1H3,(H,37,40,41)/t27-,29-,30+,32+,33-/m1/s1. The third-order valence-electron chi connectivity index (χ3n) is 10.6. The molecule has 12 heteroatoms. The van der Waals surface area contributed by atoms with Crippen LogP contribution in [0.4, 0.5) is 11.8 Å². The van der Waals surface area contributed by atoms with Gasteiger partial charge < -0.3 is 25.0 Å². The summed E-state index contributed by atoms with van der Waals surface area (Å²) in [6.45, 7) is 6.72. The van der Waals surface area contributed by atoms with E-state index < -0.39 is 24.3 Å². The van der Waals surface area contributed by atoms with Crippen molar-refractivity contribution in [2.75, 3.05) is 42.9 Å². The van der Waals surface area contributed by atoms with Crippen LogP contribution < -0.4 is 10.2 Å². The molecule has 1 aliphatic carbocycles. The van der Waals surface area contributed by atoms with E-state index in [4.69, 9.17) is 15.0 Å². The number of fused-ring (bicyclic) bond motifs is 1. The number of aromatic nitrogens is 7. The Morgan fingerprint density at radius 2 is 1.60 bits per heavy atom. The fourth-order valence-corrected chi connectivity index (χ4v) is 7.86. The van der Waals surface area contributed by atoms with E-state index in [-0.39, 0.29) is 5.92 Å². The van der Waals surface area contributed by atoms with Crippen molar-refractivity contribution in [1.29, 1.82) is 0 Å². The third kappa shape index (κ3) is 5.82. The van der Waals surface area contributed by atoms with Gasteiger partial charge in [-0.25, -0.2) is 4.98 Å². The normalized spacial score (nSPS) is 24.8. The van der Waals surface area contributed by atoms with Crippen molar-refractivity contribution in [1.82, 2.24) is 39.4 Å². The number of anilines is 2. The molecule has 5 aromatic rings. The molecule has 5 heterocycles. The maximum Gasteiger partial charge on any atom is 0.229 e. The molecule has 0 amide bonds. The molecule has 0 spiro atoms. The monoisotopic (exact) mass is 648 g/mol. The summed E-state index contributed by atoms with van der Waals surface area (Å²) in [5.74, 6) is 1.42. The highest BCUT2D eigenvalue weighted by atomic mass is 16.3. The first-order valence-corrected chi connectivity index (χ1v) is 17.4. The van der Waals surface area contributed by atoms with Gasteiger partial charge in [-0.1, -0.05) is 67.6 Å². The Morgan fingerprint density at radius 1 is 0.896 bits per heavy atom. The minimum absolute atomic E-state index is 0.0939. The Hall–Kier alpha value is -4.39. The molecule has 3 aliphatic rings. The maximum atomic E-state index is 11.4. The zero-order valence-corrected chi connectivity index (χ0v) is 27.4. The van der Waals surface area contributed by atoms with E-state index in [0.29, 0.717) is 41.9 Å². The smallest absolute Gasteiger partial charge is 0.229 e. The van der Waals surface area contributed by atoms with Gasteiger partial charge in [0.05, 0.1) is 24.3 Å². The van der Waals surface area contributed by atoms with Crippen molar-refractivity contribution in [2.45, 2.75) is 75.3 Å². The Balaban J connectivity index is 1.14. The molecule has 3 fully saturated rings. The first-order chi connectivity index (χ1) is 23.6. The van der Waals surface area contributed by atoms with Crippen molar-refractivity contribution in [2.24, 2.45) is 0 Å². The highest BCUT2D eigenvalue weighted by Gasteiger charge is 2.45. The van der Waals surface area contributed by atoms with Crippen LogP contribution in [0, 0.1) is 0 Å². The summed E-state index contributed by atoms with van der Waals surface area (Å²) in [7, 11) is 0. The van der Waals surface area contributed by atoms with Crippen LogP contribution >= 0.6 is 0 Å². The molecule has 3 N–H and O–H groups in total. The van der Waals surface area contributed by atoms with Crippen LogP contribution in [0.1, 0.15) is 67.4 Å². The van der Waals surface area contributed by atoms with Crippen LogP contribution in [0.5, 0.6) is 0 Å². The quantitative estimate of drug-likeness (QED) is 0.205. The van der Waals surface area contributed by atoms with Crippen LogP contribution in [-0.4, -0.2) is 101 Å². The van der Waals surface area contributed by atoms with Crippen molar-refractivity contribution >= 4 is 22.9 Å². The van der Waals surface area contributed by atoms with Gasteiger partial charge in [-0.15, -0.1) is 0 Å². The van der Waals surface area contributed by atoms with E-state index in [1.54, 1.807) is 17.3 Å². The van der Waals surface area contributed by atoms with Gasteiger partial charge in [-0.05, 0) is 56.3 Å². The largest absolute Gasteiger partial charge is 0.388 e. The number of nitrogens with one attached hydrogen (secondary N) is 1. The van der Waals surface area contributed by atoms with E-state index in [1.807, 2.05) is 23.6 Å². The highest BCUT2D eigenvalue weighted by Crippen LogP contribution is 2.40. The molecular formula is C36H44N10O2. The van der Waals surface area contributed by atoms with E-state index in [0.717, 1.165) is 44.7 Å². The predicted octanol–water partition coefficient (Wildman–Crippen LogP) is 3.81. The van der Waals surface area contributed by atoms with Gasteiger partial charge in [-0.3, -0.25) is 4.90 Å². The molecule has 1 saturated carbocycles. The number of aryl methyl sites for hydroxylation is 1. The van der Waals surface area contributed by atoms with Gasteiger partial charge >= 0.3 is 0 Å². The van der Waals surface area contributed by atoms with Gasteiger partial charge in [0.1, 0.15) is 18.2 Å². The zero-order chi connectivity index (χ0) is 32.6. The van der Waals surface area contributed by atoms with Gasteiger partial charge in [0.15, 0.2) is 17.0 Å². The lowest BCUT2D eigenvalue weighted by atomic mass is 9.91. The summed E-state index contributed by atoms with van der Waals surface area (Å²) in [5, 5.41) is 35.2. The molecule has 2 aromatic carbocycles. The minimum atomic E-state index is -1.04. The lowest BCUT2D eigenvalue weighted by molar-refractivity contribution is 0.00497. The topological polar surface area (TPSA) is 133 Å². The van der Waals surface area contributed by atoms with Gasteiger partial charge in [0.25, 0.3) is 0 Å². The van der Waals surface area contributed by atoms with Crippen molar-refractivity contribution in [3.05, 3.63) is 90.0 Å². The third-order valence-corrected chi connectivity index (χ3v) is 10.6. The molecule has 12 nitrogen and oxygen atoms in total. The van der Waals surface area contributed by atoms with Crippen LogP contribution in [0.3, 0.4) is 0 Å². The molecule has 8 rings (SSSR count). The average molecular weight is 649 g/mol. The van der Waals surface area contributed by atoms with Gasteiger partial charge in [0, 0.05) is 31.6 Å². The fourth-order valence-electron chi connectivity index (χ4n) is 7.86. The fraction of sp³-hybridized carbons (Fsp3) is 0.472. The number of imidazole rings is 1. The Morgan fingerprint density at radius 3 is 2.29 bits per heavy atom. The summed E-state index contributed by atoms with van der Waals surface area (Å²) in [4.78, 5) is 21.5. The number of aliphatic hydroxyl groups is 2. The molecule has 0 bridgehead atoms. The van der Waals surface area contributed by atoms with Crippen molar-refractivity contribution in [3.63, 3.8) is 0 Å². The first kappa shape index (κ1) is 30.9. The summed E-state index contributed by atoms with van der Waals surface area (Å²) < 4.78 is 1.92. The molecule has 48 heavy (non-hydrogen) atoms. The Labute approximate surface area is 280 Å². The summed E-state index contributed by atoms with van der Waals surface area (Å²) in [5.41, 5.74) is 4.57. The van der Waals surface area contributed by atoms with Crippen LogP contribution in [0.2, 0.25) is 0 Å². The summed E-state index contributed by atoms with van der Waals surface area (Å²) >= 11 is 0. The van der Waals surface area contributed by atoms with E-state index in [1.165, 1.54) is 24.0 Å². The van der Waals surface area contributed by atoms with E-state index >= 15 is 0 Å². The van der Waals surface area contributed by atoms with Crippen LogP contribution in [-0.2, 0) is 6.42 Å². The van der Waals surface area contributed by atoms with Crippen molar-refractivity contribution in [3.8, 4) is 0 Å². The number of aliphatic hydroxyl groups excluding tert-OH is 2. The lowest BCUT2D eigenvalue weighted by Gasteiger charge is -2.24. The SMILES string of the molecule is CCc1cnn([C@H]2C[C@@H](n3cnc4c(NCC(c5ccccc5)c5ccccc5)nc(N5CC[C@@H](N6CCCC6)C5)nc43)[C@H](O)[C@@H]2O)n1. The second kappa shape index (κ2) is 13.3. The number of hydrogen-bond donors (Lipinski definition) is 3. The van der Waals surface area contributed by atoms with Crippen LogP contribution in [0.15, 0.2) is 73.2 Å². The number of hydrogen-bond acceptors (Lipinski definition) is 10. The van der Waals surface area contributed by atoms with Gasteiger partial charge in [-0.2, -0.15) is 25.0 Å². The minimum Gasteiger partial charge on any atom is -0.388 e. The molecule has 250 valence electrons. The number of likely N-dealkylation sites (tertiary alicyclic amines) is 1. The second-order valence-electron chi connectivity index (χ2n) is 13.4. The molecule has 3 aromatic heterocycles. The number of rotatable bonds is 10. The van der Waals surface area contributed by atoms with Crippen molar-refractivity contribution < 1.29 is 10.2 Å². The summed E-state index contributed by atoms with van der Waals surface area (Å²) in [6, 6.07) is 20.6. The molecule has 0 unspecified atom stereocenters. The Kier molecular flexibility index (Phi) is 8.54. The maximum absolute atomic E-state index is 11.4. The molecular weight excluding hydrogens is 604 g/mol. The van der Waals surface area contributed by atoms with Gasteiger partial charge in [0.2, 0.25) is 5.95 Å².